The zero-order valence-corrected chi connectivity index (χ0v) is 12.7. The van der Waals surface area contributed by atoms with Gasteiger partial charge in [0.2, 0.25) is 0 Å². The Labute approximate surface area is 134 Å². The fourth-order valence-corrected chi connectivity index (χ4v) is 2.73. The van der Waals surface area contributed by atoms with E-state index in [0.29, 0.717) is 5.56 Å². The molecule has 0 aliphatic carbocycles. The molecular formula is C19H17NO3. The average molecular weight is 307 g/mol. The molecule has 0 saturated heterocycles. The van der Waals surface area contributed by atoms with Crippen LogP contribution in [0.25, 0.3) is 10.8 Å². The minimum Gasteiger partial charge on any atom is -0.508 e. The number of ether oxygens (including phenoxy) is 1. The molecule has 0 aliphatic rings. The van der Waals surface area contributed by atoms with Gasteiger partial charge in [0.15, 0.2) is 0 Å². The van der Waals surface area contributed by atoms with E-state index in [9.17, 15) is 9.90 Å². The summed E-state index contributed by atoms with van der Waals surface area (Å²) in [5, 5.41) is 15.1. The van der Waals surface area contributed by atoms with Gasteiger partial charge in [-0.25, -0.2) is 4.79 Å². The molecule has 1 atom stereocenters. The van der Waals surface area contributed by atoms with E-state index in [-0.39, 0.29) is 5.75 Å². The summed E-state index contributed by atoms with van der Waals surface area (Å²) in [6.07, 6.45) is -0.550. The molecule has 0 bridgehead atoms. The van der Waals surface area contributed by atoms with Gasteiger partial charge in [-0.15, -0.1) is 0 Å². The zero-order valence-electron chi connectivity index (χ0n) is 12.7. The molecule has 116 valence electrons. The molecule has 0 fully saturated rings. The lowest BCUT2D eigenvalue weighted by Crippen LogP contribution is -2.29. The Hall–Kier alpha value is -3.01. The van der Waals surface area contributed by atoms with Crippen LogP contribution in [0.1, 0.15) is 17.2 Å². The highest BCUT2D eigenvalue weighted by Crippen LogP contribution is 2.35. The number of hydrogen-bond donors (Lipinski definition) is 2. The lowest BCUT2D eigenvalue weighted by molar-refractivity contribution is 0.168. The fourth-order valence-electron chi connectivity index (χ4n) is 2.73. The standard InChI is InChI=1S/C19H17NO3/c1-23-19(22)20-18(14-8-3-2-4-9-14)17-15-10-6-5-7-13(15)11-12-16(17)21/h2-12,18,21H,1H3,(H,20,22)/t18-/m0/s1. The van der Waals surface area contributed by atoms with E-state index < -0.39 is 12.1 Å². The van der Waals surface area contributed by atoms with E-state index in [1.54, 1.807) is 6.07 Å². The largest absolute Gasteiger partial charge is 0.508 e. The Morgan fingerprint density at radius 3 is 2.43 bits per heavy atom. The van der Waals surface area contributed by atoms with Crippen molar-refractivity contribution < 1.29 is 14.6 Å². The summed E-state index contributed by atoms with van der Waals surface area (Å²) in [7, 11) is 1.32. The van der Waals surface area contributed by atoms with Gasteiger partial charge in [-0.05, 0) is 22.4 Å². The van der Waals surface area contributed by atoms with E-state index >= 15 is 0 Å². The number of phenols is 1. The number of nitrogens with one attached hydrogen (secondary N) is 1. The third-order valence-corrected chi connectivity index (χ3v) is 3.82. The molecule has 0 aliphatic heterocycles. The first-order valence-electron chi connectivity index (χ1n) is 7.30. The molecule has 3 rings (SSSR count). The van der Waals surface area contributed by atoms with E-state index in [1.165, 1.54) is 7.11 Å². The van der Waals surface area contributed by atoms with Gasteiger partial charge in [0, 0.05) is 5.56 Å². The molecule has 0 spiro atoms. The lowest BCUT2D eigenvalue weighted by atomic mass is 9.93. The molecule has 4 heteroatoms. The van der Waals surface area contributed by atoms with Crippen LogP contribution in [0.2, 0.25) is 0 Å². The number of hydrogen-bond acceptors (Lipinski definition) is 3. The predicted molar refractivity (Wildman–Crippen MR) is 89.4 cm³/mol. The van der Waals surface area contributed by atoms with Crippen molar-refractivity contribution in [1.82, 2.24) is 5.32 Å². The summed E-state index contributed by atoms with van der Waals surface area (Å²) in [5.41, 5.74) is 1.52. The van der Waals surface area contributed by atoms with Crippen molar-refractivity contribution in [1.29, 1.82) is 0 Å². The topological polar surface area (TPSA) is 58.6 Å². The number of fused-ring (bicyclic) bond motifs is 1. The second kappa shape index (κ2) is 6.40. The number of rotatable bonds is 3. The van der Waals surface area contributed by atoms with Crippen LogP contribution < -0.4 is 5.32 Å². The number of alkyl carbamates (subject to hydrolysis) is 1. The molecule has 0 heterocycles. The molecule has 2 N–H and O–H groups in total. The first kappa shape index (κ1) is 14.9. The van der Waals surface area contributed by atoms with E-state index in [1.807, 2.05) is 60.7 Å². The summed E-state index contributed by atoms with van der Waals surface area (Å²) in [6, 6.07) is 20.2. The fraction of sp³-hybridized carbons (Fsp3) is 0.105. The number of aromatic hydroxyl groups is 1. The zero-order chi connectivity index (χ0) is 16.2. The van der Waals surface area contributed by atoms with Gasteiger partial charge in [-0.3, -0.25) is 0 Å². The second-order valence-electron chi connectivity index (χ2n) is 5.20. The van der Waals surface area contributed by atoms with Crippen LogP contribution in [0.5, 0.6) is 5.75 Å². The van der Waals surface area contributed by atoms with Crippen LogP contribution >= 0.6 is 0 Å². The van der Waals surface area contributed by atoms with Crippen molar-refractivity contribution in [3.63, 3.8) is 0 Å². The summed E-state index contributed by atoms with van der Waals surface area (Å²) in [5.74, 6) is 0.133. The molecule has 3 aromatic carbocycles. The van der Waals surface area contributed by atoms with Crippen molar-refractivity contribution in [3.05, 3.63) is 77.9 Å². The minimum atomic E-state index is -0.550. The smallest absolute Gasteiger partial charge is 0.407 e. The van der Waals surface area contributed by atoms with Crippen molar-refractivity contribution in [2.45, 2.75) is 6.04 Å². The van der Waals surface area contributed by atoms with Gasteiger partial charge >= 0.3 is 6.09 Å². The highest BCUT2D eigenvalue weighted by atomic mass is 16.5. The van der Waals surface area contributed by atoms with Crippen LogP contribution in [-0.2, 0) is 4.74 Å². The first-order valence-corrected chi connectivity index (χ1v) is 7.30. The Balaban J connectivity index is 2.21. The van der Waals surface area contributed by atoms with Crippen molar-refractivity contribution in [2.24, 2.45) is 0 Å². The quantitative estimate of drug-likeness (QED) is 0.769. The first-order chi connectivity index (χ1) is 11.2. The number of carbonyl (C=O) groups excluding carboxylic acids is 1. The molecule has 1 amide bonds. The maximum atomic E-state index is 11.8. The van der Waals surface area contributed by atoms with E-state index in [4.69, 9.17) is 4.74 Å². The molecule has 0 saturated carbocycles. The normalized spacial score (nSPS) is 11.9. The molecule has 23 heavy (non-hydrogen) atoms. The monoisotopic (exact) mass is 307 g/mol. The van der Waals surface area contributed by atoms with Crippen LogP contribution in [-0.4, -0.2) is 18.3 Å². The molecule has 0 unspecified atom stereocenters. The lowest BCUT2D eigenvalue weighted by Gasteiger charge is -2.21. The number of benzene rings is 3. The summed E-state index contributed by atoms with van der Waals surface area (Å²) in [6.45, 7) is 0. The van der Waals surface area contributed by atoms with Crippen molar-refractivity contribution in [2.75, 3.05) is 7.11 Å². The SMILES string of the molecule is COC(=O)N[C@@H](c1ccccc1)c1c(O)ccc2ccccc12. The average Bonchev–Trinajstić information content (AvgIpc) is 2.60. The third kappa shape index (κ3) is 2.97. The Bertz CT molecular complexity index is 830. The number of phenolic OH excluding ortho intramolecular Hbond substituents is 1. The minimum absolute atomic E-state index is 0.133. The van der Waals surface area contributed by atoms with E-state index in [2.05, 4.69) is 5.32 Å². The van der Waals surface area contributed by atoms with Crippen LogP contribution in [0, 0.1) is 0 Å². The second-order valence-corrected chi connectivity index (χ2v) is 5.20. The van der Waals surface area contributed by atoms with Gasteiger partial charge in [-0.2, -0.15) is 0 Å². The van der Waals surface area contributed by atoms with E-state index in [0.717, 1.165) is 16.3 Å². The summed E-state index contributed by atoms with van der Waals surface area (Å²) in [4.78, 5) is 11.8. The maximum absolute atomic E-state index is 11.8. The highest BCUT2D eigenvalue weighted by molar-refractivity contribution is 5.89. The highest BCUT2D eigenvalue weighted by Gasteiger charge is 2.22. The van der Waals surface area contributed by atoms with Gasteiger partial charge < -0.3 is 15.2 Å². The van der Waals surface area contributed by atoms with Crippen LogP contribution in [0.3, 0.4) is 0 Å². The van der Waals surface area contributed by atoms with Crippen molar-refractivity contribution in [3.8, 4) is 5.75 Å². The predicted octanol–water partition coefficient (Wildman–Crippen LogP) is 3.99. The van der Waals surface area contributed by atoms with Crippen LogP contribution in [0.15, 0.2) is 66.7 Å². The Morgan fingerprint density at radius 2 is 1.70 bits per heavy atom. The Kier molecular flexibility index (Phi) is 4.15. The molecule has 4 nitrogen and oxygen atoms in total. The van der Waals surface area contributed by atoms with Crippen molar-refractivity contribution >= 4 is 16.9 Å². The molecule has 3 aromatic rings. The summed E-state index contributed by atoms with van der Waals surface area (Å²) >= 11 is 0. The number of carbonyl (C=O) groups is 1. The molecule has 0 radical (unpaired) electrons. The van der Waals surface area contributed by atoms with Gasteiger partial charge in [0.25, 0.3) is 0 Å². The van der Waals surface area contributed by atoms with Gasteiger partial charge in [0.05, 0.1) is 13.2 Å². The molecular weight excluding hydrogens is 290 g/mol. The number of methoxy groups -OCH3 is 1. The summed E-state index contributed by atoms with van der Waals surface area (Å²) < 4.78 is 4.74. The maximum Gasteiger partial charge on any atom is 0.407 e. The van der Waals surface area contributed by atoms with Gasteiger partial charge in [0.1, 0.15) is 5.75 Å². The Morgan fingerprint density at radius 1 is 1.00 bits per heavy atom. The number of amides is 1. The van der Waals surface area contributed by atoms with Crippen LogP contribution in [0.4, 0.5) is 4.79 Å². The third-order valence-electron chi connectivity index (χ3n) is 3.82. The van der Waals surface area contributed by atoms with Gasteiger partial charge in [-0.1, -0.05) is 60.7 Å². The molecule has 0 aromatic heterocycles.